The average molecular weight is 432 g/mol. The fourth-order valence-electron chi connectivity index (χ4n) is 3.24. The van der Waals surface area contributed by atoms with Gasteiger partial charge in [0.15, 0.2) is 5.13 Å². The zero-order valence-electron chi connectivity index (χ0n) is 15.9. The van der Waals surface area contributed by atoms with Crippen molar-refractivity contribution in [3.8, 4) is 0 Å². The normalized spacial score (nSPS) is 14.7. The van der Waals surface area contributed by atoms with E-state index in [1.807, 2.05) is 17.0 Å². The molecule has 28 heavy (non-hydrogen) atoms. The first-order chi connectivity index (χ1) is 13.5. The second-order valence-electron chi connectivity index (χ2n) is 7.01. The molecule has 4 rings (SSSR count). The van der Waals surface area contributed by atoms with Gasteiger partial charge in [0, 0.05) is 31.1 Å². The zero-order chi connectivity index (χ0) is 19.7. The number of piperazine rings is 1. The molecule has 0 radical (unpaired) electrons. The summed E-state index contributed by atoms with van der Waals surface area (Å²) >= 11 is 9.58. The van der Waals surface area contributed by atoms with Crippen molar-refractivity contribution in [2.45, 2.75) is 18.7 Å². The van der Waals surface area contributed by atoms with E-state index in [0.29, 0.717) is 5.75 Å². The van der Waals surface area contributed by atoms with E-state index in [0.717, 1.165) is 57.0 Å². The van der Waals surface area contributed by atoms with Crippen molar-refractivity contribution in [2.24, 2.45) is 0 Å². The first kappa shape index (κ1) is 19.6. The van der Waals surface area contributed by atoms with Crippen LogP contribution in [0.2, 0.25) is 5.02 Å². The van der Waals surface area contributed by atoms with E-state index in [1.165, 1.54) is 5.56 Å². The molecular formula is C21H22ClN3OS2. The number of nitrogens with zero attached hydrogens (tertiary/aromatic N) is 3. The fraction of sp³-hybridized carbons (Fsp3) is 0.333. The highest BCUT2D eigenvalue weighted by Gasteiger charge is 2.23. The van der Waals surface area contributed by atoms with Gasteiger partial charge in [-0.2, -0.15) is 0 Å². The molecule has 2 aromatic carbocycles. The minimum Gasteiger partial charge on any atom is -0.345 e. The largest absolute Gasteiger partial charge is 0.345 e. The van der Waals surface area contributed by atoms with Crippen molar-refractivity contribution in [3.63, 3.8) is 0 Å². The summed E-state index contributed by atoms with van der Waals surface area (Å²) in [5.41, 5.74) is 3.36. The predicted molar refractivity (Wildman–Crippen MR) is 120 cm³/mol. The summed E-state index contributed by atoms with van der Waals surface area (Å²) in [5, 5.41) is 1.75. The standard InChI is InChI=1S/C21H22ClN3OS2/c1-14-3-6-16(7-4-14)27-13-18(26)24-9-11-25(12-10-24)21-23-19-15(2)5-8-17(22)20(19)28-21/h3-8H,9-13H2,1-2H3. The lowest BCUT2D eigenvalue weighted by Gasteiger charge is -2.34. The van der Waals surface area contributed by atoms with Crippen LogP contribution in [0.5, 0.6) is 0 Å². The number of rotatable bonds is 4. The molecule has 2 heterocycles. The molecule has 0 N–H and O–H groups in total. The van der Waals surface area contributed by atoms with Crippen molar-refractivity contribution < 1.29 is 4.79 Å². The Bertz CT molecular complexity index is 956. The van der Waals surface area contributed by atoms with Gasteiger partial charge in [0.05, 0.1) is 21.0 Å². The Morgan fingerprint density at radius 3 is 2.50 bits per heavy atom. The molecule has 0 aliphatic carbocycles. The maximum absolute atomic E-state index is 12.6. The van der Waals surface area contributed by atoms with Crippen LogP contribution in [0.4, 0.5) is 5.13 Å². The first-order valence-electron chi connectivity index (χ1n) is 9.29. The highest BCUT2D eigenvalue weighted by Crippen LogP contribution is 2.35. The number of anilines is 1. The molecule has 146 valence electrons. The number of aryl methyl sites for hydroxylation is 2. The van der Waals surface area contributed by atoms with E-state index in [2.05, 4.69) is 43.0 Å². The molecule has 1 aliphatic heterocycles. The van der Waals surface area contributed by atoms with Gasteiger partial charge in [-0.15, -0.1) is 11.8 Å². The molecule has 1 aromatic heterocycles. The molecule has 1 amide bonds. The number of carbonyl (C=O) groups excluding carboxylic acids is 1. The minimum atomic E-state index is 0.202. The fourth-order valence-corrected chi connectivity index (χ4v) is 5.41. The quantitative estimate of drug-likeness (QED) is 0.544. The summed E-state index contributed by atoms with van der Waals surface area (Å²) in [6.07, 6.45) is 0. The molecule has 1 aliphatic rings. The first-order valence-corrected chi connectivity index (χ1v) is 11.5. The molecule has 0 atom stereocenters. The summed E-state index contributed by atoms with van der Waals surface area (Å²) in [5.74, 6) is 0.687. The number of benzene rings is 2. The predicted octanol–water partition coefficient (Wildman–Crippen LogP) is 5.01. The van der Waals surface area contributed by atoms with E-state index < -0.39 is 0 Å². The Morgan fingerprint density at radius 2 is 1.82 bits per heavy atom. The Balaban J connectivity index is 1.35. The summed E-state index contributed by atoms with van der Waals surface area (Å²) in [4.78, 5) is 22.7. The van der Waals surface area contributed by atoms with Gasteiger partial charge in [-0.1, -0.05) is 46.7 Å². The second kappa shape index (κ2) is 8.31. The van der Waals surface area contributed by atoms with E-state index in [1.54, 1.807) is 23.1 Å². The molecule has 0 saturated carbocycles. The van der Waals surface area contributed by atoms with E-state index in [4.69, 9.17) is 16.6 Å². The smallest absolute Gasteiger partial charge is 0.233 e. The van der Waals surface area contributed by atoms with Crippen LogP contribution < -0.4 is 4.90 Å². The van der Waals surface area contributed by atoms with E-state index in [9.17, 15) is 4.79 Å². The number of fused-ring (bicyclic) bond motifs is 1. The van der Waals surface area contributed by atoms with Gasteiger partial charge in [0.1, 0.15) is 0 Å². The third-order valence-corrected chi connectivity index (χ3v) is 7.55. The lowest BCUT2D eigenvalue weighted by molar-refractivity contribution is -0.128. The van der Waals surface area contributed by atoms with Crippen LogP contribution in [0, 0.1) is 13.8 Å². The van der Waals surface area contributed by atoms with Crippen molar-refractivity contribution in [2.75, 3.05) is 36.8 Å². The number of hydrogen-bond acceptors (Lipinski definition) is 5. The van der Waals surface area contributed by atoms with E-state index >= 15 is 0 Å². The molecule has 1 fully saturated rings. The van der Waals surface area contributed by atoms with Crippen LogP contribution in [-0.2, 0) is 4.79 Å². The Hall–Kier alpha value is -1.76. The summed E-state index contributed by atoms with van der Waals surface area (Å²) in [6.45, 7) is 7.20. The molecule has 7 heteroatoms. The number of aromatic nitrogens is 1. The van der Waals surface area contributed by atoms with Gasteiger partial charge in [0.2, 0.25) is 5.91 Å². The number of halogens is 1. The van der Waals surface area contributed by atoms with Crippen LogP contribution in [0.15, 0.2) is 41.3 Å². The average Bonchev–Trinajstić information content (AvgIpc) is 3.17. The number of thioether (sulfide) groups is 1. The molecular weight excluding hydrogens is 410 g/mol. The molecule has 4 nitrogen and oxygen atoms in total. The van der Waals surface area contributed by atoms with Gasteiger partial charge in [-0.05, 0) is 37.6 Å². The number of thiazole rings is 1. The van der Waals surface area contributed by atoms with Crippen LogP contribution in [-0.4, -0.2) is 47.7 Å². The second-order valence-corrected chi connectivity index (χ2v) is 9.44. The van der Waals surface area contributed by atoms with Crippen LogP contribution in [0.1, 0.15) is 11.1 Å². The summed E-state index contributed by atoms with van der Waals surface area (Å²) in [7, 11) is 0. The Kier molecular flexibility index (Phi) is 5.80. The number of carbonyl (C=O) groups is 1. The SMILES string of the molecule is Cc1ccc(SCC(=O)N2CCN(c3nc4c(C)ccc(Cl)c4s3)CC2)cc1. The van der Waals surface area contributed by atoms with Gasteiger partial charge >= 0.3 is 0 Å². The monoisotopic (exact) mass is 431 g/mol. The molecule has 0 unspecified atom stereocenters. The molecule has 1 saturated heterocycles. The topological polar surface area (TPSA) is 36.4 Å². The van der Waals surface area contributed by atoms with Gasteiger partial charge in [-0.3, -0.25) is 4.79 Å². The van der Waals surface area contributed by atoms with Crippen molar-refractivity contribution >= 4 is 56.0 Å². The maximum atomic E-state index is 12.6. The molecule has 3 aromatic rings. The third kappa shape index (κ3) is 4.14. The number of hydrogen-bond donors (Lipinski definition) is 0. The summed E-state index contributed by atoms with van der Waals surface area (Å²) < 4.78 is 1.05. The van der Waals surface area contributed by atoms with Gasteiger partial charge < -0.3 is 9.80 Å². The van der Waals surface area contributed by atoms with E-state index in [-0.39, 0.29) is 5.91 Å². The van der Waals surface area contributed by atoms with Gasteiger partial charge in [-0.25, -0.2) is 4.98 Å². The van der Waals surface area contributed by atoms with Crippen molar-refractivity contribution in [1.82, 2.24) is 9.88 Å². The van der Waals surface area contributed by atoms with Crippen LogP contribution >= 0.6 is 34.7 Å². The van der Waals surface area contributed by atoms with Crippen LogP contribution in [0.3, 0.4) is 0 Å². The van der Waals surface area contributed by atoms with Gasteiger partial charge in [0.25, 0.3) is 0 Å². The maximum Gasteiger partial charge on any atom is 0.233 e. The minimum absolute atomic E-state index is 0.202. The molecule has 0 bridgehead atoms. The van der Waals surface area contributed by atoms with Crippen molar-refractivity contribution in [1.29, 1.82) is 0 Å². The third-order valence-electron chi connectivity index (χ3n) is 4.97. The lowest BCUT2D eigenvalue weighted by Crippen LogP contribution is -2.49. The Labute approximate surface area is 178 Å². The summed E-state index contributed by atoms with van der Waals surface area (Å²) in [6, 6.07) is 12.3. The highest BCUT2D eigenvalue weighted by atomic mass is 35.5. The molecule has 0 spiro atoms. The van der Waals surface area contributed by atoms with Crippen LogP contribution in [0.25, 0.3) is 10.2 Å². The zero-order valence-corrected chi connectivity index (χ0v) is 18.3. The Morgan fingerprint density at radius 1 is 1.11 bits per heavy atom. The lowest BCUT2D eigenvalue weighted by atomic mass is 10.2. The highest BCUT2D eigenvalue weighted by molar-refractivity contribution is 8.00. The van der Waals surface area contributed by atoms with Crippen molar-refractivity contribution in [3.05, 3.63) is 52.5 Å². The number of amides is 1.